The Morgan fingerprint density at radius 2 is 2.37 bits per heavy atom. The van der Waals surface area contributed by atoms with Crippen LogP contribution in [0, 0.1) is 0 Å². The van der Waals surface area contributed by atoms with Crippen molar-refractivity contribution in [2.45, 2.75) is 6.92 Å². The summed E-state index contributed by atoms with van der Waals surface area (Å²) in [5, 5.41) is 6.37. The number of hydrogen-bond donors (Lipinski definition) is 2. The second-order valence-electron chi connectivity index (χ2n) is 4.28. The Kier molecular flexibility index (Phi) is 5.17. The van der Waals surface area contributed by atoms with Crippen molar-refractivity contribution in [2.75, 3.05) is 51.2 Å². The van der Waals surface area contributed by atoms with Crippen LogP contribution in [-0.4, -0.2) is 61.7 Å². The molecule has 1 aromatic heterocycles. The van der Waals surface area contributed by atoms with Crippen LogP contribution in [0.1, 0.15) is 17.4 Å². The highest BCUT2D eigenvalue weighted by atomic mass is 16.5. The standard InChI is InChI=1S/C12H20N4O3/c1-2-18-11(17)10-9-19-12(15-10)14-5-8-16-6-3-13-4-7-16/h9,13H,2-8H2,1H3,(H,14,15). The van der Waals surface area contributed by atoms with E-state index in [0.717, 1.165) is 39.3 Å². The van der Waals surface area contributed by atoms with Crippen LogP contribution in [0.15, 0.2) is 10.7 Å². The minimum Gasteiger partial charge on any atom is -0.461 e. The summed E-state index contributed by atoms with van der Waals surface area (Å²) in [7, 11) is 0. The number of rotatable bonds is 6. The van der Waals surface area contributed by atoms with E-state index in [4.69, 9.17) is 9.15 Å². The van der Waals surface area contributed by atoms with Crippen molar-refractivity contribution in [2.24, 2.45) is 0 Å². The number of hydrogen-bond acceptors (Lipinski definition) is 7. The SMILES string of the molecule is CCOC(=O)c1coc(NCCN2CCNCC2)n1. The zero-order valence-electron chi connectivity index (χ0n) is 11.1. The molecule has 0 amide bonds. The van der Waals surface area contributed by atoms with Crippen LogP contribution in [0.5, 0.6) is 0 Å². The van der Waals surface area contributed by atoms with E-state index in [2.05, 4.69) is 20.5 Å². The van der Waals surface area contributed by atoms with Crippen molar-refractivity contribution in [3.05, 3.63) is 12.0 Å². The van der Waals surface area contributed by atoms with Crippen LogP contribution >= 0.6 is 0 Å². The predicted molar refractivity (Wildman–Crippen MR) is 70.3 cm³/mol. The van der Waals surface area contributed by atoms with E-state index in [9.17, 15) is 4.79 Å². The monoisotopic (exact) mass is 268 g/mol. The van der Waals surface area contributed by atoms with Gasteiger partial charge >= 0.3 is 5.97 Å². The number of nitrogens with zero attached hydrogens (tertiary/aromatic N) is 2. The number of anilines is 1. The highest BCUT2D eigenvalue weighted by Crippen LogP contribution is 2.08. The number of carbonyl (C=O) groups excluding carboxylic acids is 1. The van der Waals surface area contributed by atoms with Gasteiger partial charge in [0.25, 0.3) is 6.01 Å². The average Bonchev–Trinajstić information content (AvgIpc) is 2.89. The molecule has 106 valence electrons. The topological polar surface area (TPSA) is 79.6 Å². The van der Waals surface area contributed by atoms with Gasteiger partial charge in [0.1, 0.15) is 6.26 Å². The van der Waals surface area contributed by atoms with E-state index in [1.165, 1.54) is 6.26 Å². The fourth-order valence-electron chi connectivity index (χ4n) is 1.91. The first-order valence-corrected chi connectivity index (χ1v) is 6.59. The molecule has 1 saturated heterocycles. The zero-order valence-corrected chi connectivity index (χ0v) is 11.1. The van der Waals surface area contributed by atoms with Gasteiger partial charge in [-0.3, -0.25) is 4.90 Å². The molecule has 0 aliphatic carbocycles. The molecule has 1 aromatic rings. The van der Waals surface area contributed by atoms with E-state index in [0.29, 0.717) is 12.6 Å². The number of nitrogens with one attached hydrogen (secondary N) is 2. The van der Waals surface area contributed by atoms with Gasteiger partial charge < -0.3 is 19.8 Å². The molecule has 0 radical (unpaired) electrons. The molecule has 2 heterocycles. The first kappa shape index (κ1) is 13.8. The summed E-state index contributed by atoms with van der Waals surface area (Å²) in [6.07, 6.45) is 1.31. The maximum absolute atomic E-state index is 11.4. The number of oxazole rings is 1. The van der Waals surface area contributed by atoms with Crippen LogP contribution in [0.2, 0.25) is 0 Å². The summed E-state index contributed by atoms with van der Waals surface area (Å²) in [5.74, 6) is -0.457. The van der Waals surface area contributed by atoms with E-state index in [-0.39, 0.29) is 5.69 Å². The number of aromatic nitrogens is 1. The Bertz CT molecular complexity index is 401. The molecule has 0 spiro atoms. The Morgan fingerprint density at radius 3 is 3.11 bits per heavy atom. The molecule has 19 heavy (non-hydrogen) atoms. The van der Waals surface area contributed by atoms with Crippen LogP contribution in [0.25, 0.3) is 0 Å². The molecule has 7 nitrogen and oxygen atoms in total. The number of carbonyl (C=O) groups is 1. The molecule has 1 fully saturated rings. The predicted octanol–water partition coefficient (Wildman–Crippen LogP) is 0.168. The highest BCUT2D eigenvalue weighted by molar-refractivity contribution is 5.87. The lowest BCUT2D eigenvalue weighted by Crippen LogP contribution is -2.45. The van der Waals surface area contributed by atoms with Gasteiger partial charge in [-0.2, -0.15) is 4.98 Å². The first-order valence-electron chi connectivity index (χ1n) is 6.59. The third-order valence-corrected chi connectivity index (χ3v) is 2.90. The quantitative estimate of drug-likeness (QED) is 0.712. The van der Waals surface area contributed by atoms with Gasteiger partial charge in [-0.05, 0) is 6.92 Å². The number of piperazine rings is 1. The van der Waals surface area contributed by atoms with Crippen molar-refractivity contribution in [1.82, 2.24) is 15.2 Å². The van der Waals surface area contributed by atoms with E-state index < -0.39 is 5.97 Å². The summed E-state index contributed by atoms with van der Waals surface area (Å²) < 4.78 is 10.0. The van der Waals surface area contributed by atoms with E-state index >= 15 is 0 Å². The van der Waals surface area contributed by atoms with Crippen LogP contribution < -0.4 is 10.6 Å². The van der Waals surface area contributed by atoms with Crippen molar-refractivity contribution >= 4 is 12.0 Å². The molecule has 0 saturated carbocycles. The maximum atomic E-state index is 11.4. The molecule has 1 aliphatic rings. The molecule has 2 rings (SSSR count). The Morgan fingerprint density at radius 1 is 1.58 bits per heavy atom. The third kappa shape index (κ3) is 4.22. The molecule has 0 atom stereocenters. The molecule has 0 aromatic carbocycles. The van der Waals surface area contributed by atoms with Crippen LogP contribution in [-0.2, 0) is 4.74 Å². The fraction of sp³-hybridized carbons (Fsp3) is 0.667. The highest BCUT2D eigenvalue weighted by Gasteiger charge is 2.13. The summed E-state index contributed by atoms with van der Waals surface area (Å²) in [4.78, 5) is 17.8. The lowest BCUT2D eigenvalue weighted by atomic mass is 10.3. The summed E-state index contributed by atoms with van der Waals surface area (Å²) in [6, 6.07) is 0.359. The lowest BCUT2D eigenvalue weighted by Gasteiger charge is -2.26. The maximum Gasteiger partial charge on any atom is 0.360 e. The third-order valence-electron chi connectivity index (χ3n) is 2.90. The van der Waals surface area contributed by atoms with Crippen molar-refractivity contribution in [3.63, 3.8) is 0 Å². The number of ether oxygens (including phenoxy) is 1. The molecule has 0 unspecified atom stereocenters. The van der Waals surface area contributed by atoms with Crippen molar-refractivity contribution in [3.8, 4) is 0 Å². The number of esters is 1. The van der Waals surface area contributed by atoms with Gasteiger partial charge in [-0.1, -0.05) is 0 Å². The zero-order chi connectivity index (χ0) is 13.5. The van der Waals surface area contributed by atoms with E-state index in [1.54, 1.807) is 6.92 Å². The van der Waals surface area contributed by atoms with Crippen molar-refractivity contribution < 1.29 is 13.9 Å². The minimum absolute atomic E-state index is 0.200. The van der Waals surface area contributed by atoms with Gasteiger partial charge in [-0.25, -0.2) is 4.79 Å². The second kappa shape index (κ2) is 7.10. The summed E-state index contributed by atoms with van der Waals surface area (Å²) in [5.41, 5.74) is 0.200. The lowest BCUT2D eigenvalue weighted by molar-refractivity contribution is 0.0519. The van der Waals surface area contributed by atoms with Crippen molar-refractivity contribution in [1.29, 1.82) is 0 Å². The molecular formula is C12H20N4O3. The molecule has 7 heteroatoms. The summed E-state index contributed by atoms with van der Waals surface area (Å²) in [6.45, 7) is 7.93. The Hall–Kier alpha value is -1.60. The largest absolute Gasteiger partial charge is 0.461 e. The Labute approximate surface area is 112 Å². The minimum atomic E-state index is -0.457. The van der Waals surface area contributed by atoms with Gasteiger partial charge in [0.05, 0.1) is 6.61 Å². The Balaban J connectivity index is 1.72. The average molecular weight is 268 g/mol. The van der Waals surface area contributed by atoms with Gasteiger partial charge in [0, 0.05) is 39.3 Å². The normalized spacial score (nSPS) is 16.3. The first-order chi connectivity index (χ1) is 9.29. The smallest absolute Gasteiger partial charge is 0.360 e. The van der Waals surface area contributed by atoms with E-state index in [1.807, 2.05) is 0 Å². The van der Waals surface area contributed by atoms with Gasteiger partial charge in [-0.15, -0.1) is 0 Å². The molecule has 2 N–H and O–H groups in total. The van der Waals surface area contributed by atoms with Crippen LogP contribution in [0.4, 0.5) is 6.01 Å². The molecular weight excluding hydrogens is 248 g/mol. The van der Waals surface area contributed by atoms with Gasteiger partial charge in [0.15, 0.2) is 5.69 Å². The van der Waals surface area contributed by atoms with Gasteiger partial charge in [0.2, 0.25) is 0 Å². The second-order valence-corrected chi connectivity index (χ2v) is 4.28. The van der Waals surface area contributed by atoms with Crippen LogP contribution in [0.3, 0.4) is 0 Å². The fourth-order valence-corrected chi connectivity index (χ4v) is 1.91. The molecule has 0 bridgehead atoms. The molecule has 1 aliphatic heterocycles. The summed E-state index contributed by atoms with van der Waals surface area (Å²) >= 11 is 0.